The van der Waals surface area contributed by atoms with Crippen LogP contribution in [-0.4, -0.2) is 10.9 Å². The lowest BCUT2D eigenvalue weighted by atomic mass is 10.1. The van der Waals surface area contributed by atoms with Gasteiger partial charge in [-0.25, -0.2) is 0 Å². The third-order valence-electron chi connectivity index (χ3n) is 2.73. The number of carbonyl (C=O) groups excluding carboxylic acids is 1. The number of furan rings is 1. The number of pyridine rings is 1. The topological polar surface area (TPSA) is 55.1 Å². The van der Waals surface area contributed by atoms with E-state index in [4.69, 9.17) is 4.42 Å². The van der Waals surface area contributed by atoms with Crippen molar-refractivity contribution in [1.82, 2.24) is 10.3 Å². The average Bonchev–Trinajstić information content (AvgIpc) is 2.90. The van der Waals surface area contributed by atoms with Gasteiger partial charge in [-0.15, -0.1) is 0 Å². The van der Waals surface area contributed by atoms with E-state index in [0.717, 1.165) is 16.8 Å². The van der Waals surface area contributed by atoms with Gasteiger partial charge < -0.3 is 9.73 Å². The maximum atomic E-state index is 11.5. The van der Waals surface area contributed by atoms with E-state index >= 15 is 0 Å². The Bertz CT molecular complexity index is 516. The van der Waals surface area contributed by atoms with E-state index in [-0.39, 0.29) is 5.91 Å². The third-order valence-corrected chi connectivity index (χ3v) is 2.73. The van der Waals surface area contributed by atoms with Crippen LogP contribution in [0.2, 0.25) is 0 Å². The Morgan fingerprint density at radius 3 is 2.79 bits per heavy atom. The van der Waals surface area contributed by atoms with Crippen molar-refractivity contribution in [2.75, 3.05) is 0 Å². The highest BCUT2D eigenvalue weighted by Crippen LogP contribution is 2.16. The van der Waals surface area contributed by atoms with Gasteiger partial charge in [-0.2, -0.15) is 0 Å². The molecule has 1 N–H and O–H groups in total. The van der Waals surface area contributed by atoms with Gasteiger partial charge in [0.25, 0.3) is 0 Å². The maximum absolute atomic E-state index is 11.5. The summed E-state index contributed by atoms with van der Waals surface area (Å²) in [6, 6.07) is 5.76. The Hall–Kier alpha value is -2.10. The number of aromatic nitrogens is 1. The summed E-state index contributed by atoms with van der Waals surface area (Å²) in [6.45, 7) is 4.58. The second-order valence-corrected chi connectivity index (χ2v) is 4.94. The summed E-state index contributed by atoms with van der Waals surface area (Å²) in [4.78, 5) is 15.9. The predicted molar refractivity (Wildman–Crippen MR) is 73.2 cm³/mol. The van der Waals surface area contributed by atoms with Gasteiger partial charge in [-0.05, 0) is 23.6 Å². The van der Waals surface area contributed by atoms with E-state index < -0.39 is 0 Å². The van der Waals surface area contributed by atoms with Gasteiger partial charge >= 0.3 is 0 Å². The molecule has 1 amide bonds. The number of nitrogens with zero attached hydrogens (tertiary/aromatic N) is 1. The zero-order chi connectivity index (χ0) is 13.7. The largest absolute Gasteiger partial charge is 0.472 e. The fourth-order valence-electron chi connectivity index (χ4n) is 1.75. The fraction of sp³-hybridized carbons (Fsp3) is 0.333. The Labute approximate surface area is 112 Å². The molecule has 2 rings (SSSR count). The molecule has 0 spiro atoms. The van der Waals surface area contributed by atoms with Crippen LogP contribution in [0.3, 0.4) is 0 Å². The predicted octanol–water partition coefficient (Wildman–Crippen LogP) is 3.00. The smallest absolute Gasteiger partial charge is 0.220 e. The lowest BCUT2D eigenvalue weighted by molar-refractivity contribution is -0.121. The minimum absolute atomic E-state index is 0.0777. The number of nitrogens with one attached hydrogen (secondary N) is 1. The summed E-state index contributed by atoms with van der Waals surface area (Å²) >= 11 is 0. The normalized spacial score (nSPS) is 10.7. The highest BCUT2D eigenvalue weighted by atomic mass is 16.3. The van der Waals surface area contributed by atoms with Crippen molar-refractivity contribution in [2.24, 2.45) is 5.92 Å². The number of amides is 1. The highest BCUT2D eigenvalue weighted by molar-refractivity contribution is 5.76. The van der Waals surface area contributed by atoms with Crippen LogP contribution in [0, 0.1) is 5.92 Å². The molecule has 0 aromatic carbocycles. The van der Waals surface area contributed by atoms with Crippen LogP contribution >= 0.6 is 0 Å². The molecule has 0 radical (unpaired) electrons. The molecule has 4 nitrogen and oxygen atoms in total. The van der Waals surface area contributed by atoms with Gasteiger partial charge in [-0.1, -0.05) is 19.9 Å². The number of hydrogen-bond donors (Lipinski definition) is 1. The van der Waals surface area contributed by atoms with Crippen LogP contribution in [0.15, 0.2) is 41.3 Å². The standard InChI is InChI=1S/C15H18N2O2/c1-11(2)7-15(18)17-9-12-3-4-14(16-8-12)13-5-6-19-10-13/h3-6,8,10-11H,7,9H2,1-2H3,(H,17,18). The van der Waals surface area contributed by atoms with Crippen molar-refractivity contribution in [2.45, 2.75) is 26.8 Å². The summed E-state index contributed by atoms with van der Waals surface area (Å²) < 4.78 is 5.02. The van der Waals surface area contributed by atoms with E-state index in [2.05, 4.69) is 10.3 Å². The molecule has 0 aliphatic rings. The van der Waals surface area contributed by atoms with Crippen molar-refractivity contribution in [3.8, 4) is 11.3 Å². The van der Waals surface area contributed by atoms with E-state index in [1.54, 1.807) is 18.7 Å². The van der Waals surface area contributed by atoms with Crippen LogP contribution in [0.5, 0.6) is 0 Å². The molecule has 0 fully saturated rings. The first kappa shape index (κ1) is 13.3. The van der Waals surface area contributed by atoms with Gasteiger partial charge in [0.1, 0.15) is 0 Å². The Morgan fingerprint density at radius 1 is 1.37 bits per heavy atom. The van der Waals surface area contributed by atoms with E-state index in [9.17, 15) is 4.79 Å². The van der Waals surface area contributed by atoms with E-state index in [1.807, 2.05) is 32.0 Å². The van der Waals surface area contributed by atoms with Crippen LogP contribution in [0.1, 0.15) is 25.8 Å². The molecule has 0 aliphatic carbocycles. The summed E-state index contributed by atoms with van der Waals surface area (Å²) in [5, 5.41) is 2.89. The van der Waals surface area contributed by atoms with Crippen LogP contribution < -0.4 is 5.32 Å². The van der Waals surface area contributed by atoms with Gasteiger partial charge in [-0.3, -0.25) is 9.78 Å². The van der Waals surface area contributed by atoms with Crippen LogP contribution in [-0.2, 0) is 11.3 Å². The second-order valence-electron chi connectivity index (χ2n) is 4.94. The van der Waals surface area contributed by atoms with Gasteiger partial charge in [0.15, 0.2) is 0 Å². The third kappa shape index (κ3) is 3.95. The monoisotopic (exact) mass is 258 g/mol. The SMILES string of the molecule is CC(C)CC(=O)NCc1ccc(-c2ccoc2)nc1. The molecule has 2 aromatic heterocycles. The van der Waals surface area contributed by atoms with Crippen molar-refractivity contribution in [3.05, 3.63) is 42.5 Å². The molecule has 0 aliphatic heterocycles. The molecular weight excluding hydrogens is 240 g/mol. The van der Waals surface area contributed by atoms with Gasteiger partial charge in [0.2, 0.25) is 5.91 Å². The summed E-state index contributed by atoms with van der Waals surface area (Å²) in [6.07, 6.45) is 5.61. The fourth-order valence-corrected chi connectivity index (χ4v) is 1.75. The van der Waals surface area contributed by atoms with E-state index in [0.29, 0.717) is 18.9 Å². The van der Waals surface area contributed by atoms with Gasteiger partial charge in [0.05, 0.1) is 18.2 Å². The number of carbonyl (C=O) groups is 1. The summed E-state index contributed by atoms with van der Waals surface area (Å²) in [5.74, 6) is 0.454. The van der Waals surface area contributed by atoms with Crippen molar-refractivity contribution >= 4 is 5.91 Å². The Kier molecular flexibility index (Phi) is 4.34. The molecule has 2 heterocycles. The minimum atomic E-state index is 0.0777. The number of rotatable bonds is 5. The molecule has 19 heavy (non-hydrogen) atoms. The Morgan fingerprint density at radius 2 is 2.21 bits per heavy atom. The minimum Gasteiger partial charge on any atom is -0.472 e. The van der Waals surface area contributed by atoms with E-state index in [1.165, 1.54) is 0 Å². The Balaban J connectivity index is 1.91. The van der Waals surface area contributed by atoms with Gasteiger partial charge in [0, 0.05) is 24.7 Å². The molecule has 0 saturated heterocycles. The van der Waals surface area contributed by atoms with Crippen LogP contribution in [0.4, 0.5) is 0 Å². The first-order valence-electron chi connectivity index (χ1n) is 6.39. The van der Waals surface area contributed by atoms with Crippen LogP contribution in [0.25, 0.3) is 11.3 Å². The summed E-state index contributed by atoms with van der Waals surface area (Å²) in [7, 11) is 0. The summed E-state index contributed by atoms with van der Waals surface area (Å²) in [5.41, 5.74) is 2.81. The molecule has 4 heteroatoms. The maximum Gasteiger partial charge on any atom is 0.220 e. The zero-order valence-electron chi connectivity index (χ0n) is 11.2. The molecule has 0 atom stereocenters. The lowest BCUT2D eigenvalue weighted by Crippen LogP contribution is -2.23. The first-order valence-corrected chi connectivity index (χ1v) is 6.39. The number of hydrogen-bond acceptors (Lipinski definition) is 3. The molecule has 0 bridgehead atoms. The first-order chi connectivity index (χ1) is 9.15. The average molecular weight is 258 g/mol. The molecule has 100 valence electrons. The van der Waals surface area contributed by atoms with Crippen molar-refractivity contribution in [3.63, 3.8) is 0 Å². The molecule has 0 unspecified atom stereocenters. The molecular formula is C15H18N2O2. The second kappa shape index (κ2) is 6.18. The zero-order valence-corrected chi connectivity index (χ0v) is 11.2. The lowest BCUT2D eigenvalue weighted by Gasteiger charge is -2.07. The molecule has 2 aromatic rings. The molecule has 0 saturated carbocycles. The highest BCUT2D eigenvalue weighted by Gasteiger charge is 2.05. The quantitative estimate of drug-likeness (QED) is 0.897. The van der Waals surface area contributed by atoms with Crippen molar-refractivity contribution < 1.29 is 9.21 Å². The van der Waals surface area contributed by atoms with Crippen molar-refractivity contribution in [1.29, 1.82) is 0 Å².